The molecule has 0 saturated heterocycles. The number of carboxylic acid groups (broad SMARTS) is 1. The third kappa shape index (κ3) is 3.74. The van der Waals surface area contributed by atoms with Crippen molar-refractivity contribution >= 4 is 17.6 Å². The van der Waals surface area contributed by atoms with Gasteiger partial charge in [0.15, 0.2) is 0 Å². The van der Waals surface area contributed by atoms with Crippen LogP contribution in [0.25, 0.3) is 5.70 Å². The van der Waals surface area contributed by atoms with E-state index >= 15 is 0 Å². The largest absolute Gasteiger partial charge is 0.550 e. The fourth-order valence-electron chi connectivity index (χ4n) is 2.77. The molecule has 0 bridgehead atoms. The van der Waals surface area contributed by atoms with Crippen molar-refractivity contribution in [3.63, 3.8) is 0 Å². The van der Waals surface area contributed by atoms with E-state index in [-0.39, 0.29) is 18.7 Å². The van der Waals surface area contributed by atoms with Gasteiger partial charge in [0.25, 0.3) is 0 Å². The summed E-state index contributed by atoms with van der Waals surface area (Å²) in [6.07, 6.45) is 3.94. The van der Waals surface area contributed by atoms with Gasteiger partial charge in [0.1, 0.15) is 11.8 Å². The highest BCUT2D eigenvalue weighted by molar-refractivity contribution is 5.83. The molecule has 1 aliphatic heterocycles. The molecule has 1 aliphatic rings. The first-order valence-corrected chi connectivity index (χ1v) is 8.21. The minimum Gasteiger partial charge on any atom is -0.550 e. The summed E-state index contributed by atoms with van der Waals surface area (Å²) in [7, 11) is 0. The van der Waals surface area contributed by atoms with E-state index in [2.05, 4.69) is 12.3 Å². The second kappa shape index (κ2) is 7.25. The molecule has 0 unspecified atom stereocenters. The number of hydrogen-bond donors (Lipinski definition) is 1. The number of hydrazine groups is 1. The molecule has 0 spiro atoms. The van der Waals surface area contributed by atoms with E-state index in [0.29, 0.717) is 5.76 Å². The normalized spacial score (nSPS) is 16.4. The van der Waals surface area contributed by atoms with Gasteiger partial charge < -0.3 is 14.3 Å². The number of hydrogen-bond acceptors (Lipinski definition) is 5. The number of furan rings is 1. The molecule has 1 atom stereocenters. The second-order valence-corrected chi connectivity index (χ2v) is 5.84. The number of amides is 1. The van der Waals surface area contributed by atoms with Crippen LogP contribution < -0.4 is 10.5 Å². The van der Waals surface area contributed by atoms with Gasteiger partial charge >= 0.3 is 0 Å². The van der Waals surface area contributed by atoms with E-state index in [4.69, 9.17) is 4.42 Å². The fourth-order valence-corrected chi connectivity index (χ4v) is 2.77. The fraction of sp³-hybridized carbons (Fsp3) is 0.263. The molecular weight excluding hydrogens is 320 g/mol. The van der Waals surface area contributed by atoms with Crippen LogP contribution >= 0.6 is 0 Å². The van der Waals surface area contributed by atoms with Gasteiger partial charge in [-0.25, -0.2) is 5.01 Å². The molecule has 0 saturated carbocycles. The van der Waals surface area contributed by atoms with E-state index < -0.39 is 12.0 Å². The average Bonchev–Trinajstić information content (AvgIpc) is 3.29. The van der Waals surface area contributed by atoms with E-state index in [1.165, 1.54) is 10.6 Å². The highest BCUT2D eigenvalue weighted by atomic mass is 16.4. The number of nitrogens with zero attached hydrogens (tertiary/aromatic N) is 1. The van der Waals surface area contributed by atoms with Gasteiger partial charge in [0, 0.05) is 12.4 Å². The molecular formula is C19H19N2O4-. The summed E-state index contributed by atoms with van der Waals surface area (Å²) in [6.45, 7) is 2.09. The van der Waals surface area contributed by atoms with Crippen LogP contribution in [0.4, 0.5) is 0 Å². The van der Waals surface area contributed by atoms with Crippen LogP contribution in [0.3, 0.4) is 0 Å². The summed E-state index contributed by atoms with van der Waals surface area (Å²) < 4.78 is 5.44. The van der Waals surface area contributed by atoms with Gasteiger partial charge in [-0.1, -0.05) is 31.2 Å². The summed E-state index contributed by atoms with van der Waals surface area (Å²) in [5.74, 6) is -0.970. The maximum atomic E-state index is 12.4. The minimum absolute atomic E-state index is 0.136. The number of carbonyl (C=O) groups excluding carboxylic acids is 2. The van der Waals surface area contributed by atoms with Crippen LogP contribution in [0, 0.1) is 0 Å². The highest BCUT2D eigenvalue weighted by Gasteiger charge is 2.32. The topological polar surface area (TPSA) is 85.6 Å². The van der Waals surface area contributed by atoms with Crippen molar-refractivity contribution in [2.24, 2.45) is 0 Å². The lowest BCUT2D eigenvalue weighted by molar-refractivity contribution is -0.305. The minimum atomic E-state index is -1.24. The Balaban J connectivity index is 1.84. The first kappa shape index (κ1) is 16.8. The van der Waals surface area contributed by atoms with Crippen molar-refractivity contribution in [2.45, 2.75) is 32.2 Å². The van der Waals surface area contributed by atoms with E-state index in [1.807, 2.05) is 30.3 Å². The van der Waals surface area contributed by atoms with Crippen LogP contribution in [-0.2, 0) is 16.0 Å². The molecule has 3 rings (SSSR count). The SMILES string of the molecule is CCc1ccc(C2=C[C@H](c3ccco3)N(C(=O)CCC(=O)[O-])N2)cc1. The van der Waals surface area contributed by atoms with Crippen molar-refractivity contribution in [2.75, 3.05) is 0 Å². The zero-order valence-electron chi connectivity index (χ0n) is 13.9. The molecule has 6 nitrogen and oxygen atoms in total. The smallest absolute Gasteiger partial charge is 0.242 e. The van der Waals surface area contributed by atoms with Gasteiger partial charge in [-0.2, -0.15) is 0 Å². The Hall–Kier alpha value is -3.02. The molecule has 1 amide bonds. The number of carbonyl (C=O) groups is 2. The number of nitrogens with one attached hydrogen (secondary N) is 1. The average molecular weight is 339 g/mol. The third-order valence-corrected chi connectivity index (χ3v) is 4.16. The molecule has 2 aromatic rings. The number of benzene rings is 1. The van der Waals surface area contributed by atoms with Crippen molar-refractivity contribution in [1.82, 2.24) is 10.4 Å². The van der Waals surface area contributed by atoms with Gasteiger partial charge in [-0.3, -0.25) is 10.2 Å². The monoisotopic (exact) mass is 339 g/mol. The summed E-state index contributed by atoms with van der Waals surface area (Å²) in [5, 5.41) is 12.0. The lowest BCUT2D eigenvalue weighted by Crippen LogP contribution is -2.40. The Morgan fingerprint density at radius 3 is 2.56 bits per heavy atom. The Bertz CT molecular complexity index is 778. The zero-order chi connectivity index (χ0) is 17.8. The van der Waals surface area contributed by atoms with Crippen molar-refractivity contribution in [3.8, 4) is 0 Å². The predicted molar refractivity (Wildman–Crippen MR) is 89.5 cm³/mol. The molecule has 0 aliphatic carbocycles. The molecule has 130 valence electrons. The Morgan fingerprint density at radius 1 is 1.20 bits per heavy atom. The third-order valence-electron chi connectivity index (χ3n) is 4.16. The molecule has 0 radical (unpaired) electrons. The Kier molecular flexibility index (Phi) is 4.88. The van der Waals surface area contributed by atoms with Gasteiger partial charge in [0.2, 0.25) is 5.91 Å². The molecule has 1 aromatic carbocycles. The summed E-state index contributed by atoms with van der Waals surface area (Å²) in [4.78, 5) is 23.1. The number of carboxylic acids is 1. The van der Waals surface area contributed by atoms with Crippen molar-refractivity contribution in [3.05, 3.63) is 65.6 Å². The Labute approximate surface area is 145 Å². The van der Waals surface area contributed by atoms with E-state index in [0.717, 1.165) is 17.7 Å². The van der Waals surface area contributed by atoms with Crippen molar-refractivity contribution < 1.29 is 19.1 Å². The van der Waals surface area contributed by atoms with Gasteiger partial charge in [-0.15, -0.1) is 0 Å². The highest BCUT2D eigenvalue weighted by Crippen LogP contribution is 2.32. The van der Waals surface area contributed by atoms with Gasteiger partial charge in [0.05, 0.1) is 12.0 Å². The molecule has 0 fully saturated rings. The molecule has 1 N–H and O–H groups in total. The second-order valence-electron chi connectivity index (χ2n) is 5.84. The number of rotatable bonds is 6. The first-order chi connectivity index (χ1) is 12.1. The van der Waals surface area contributed by atoms with Crippen LogP contribution in [0.1, 0.15) is 42.7 Å². The number of aliphatic carboxylic acids is 1. The van der Waals surface area contributed by atoms with Crippen molar-refractivity contribution in [1.29, 1.82) is 0 Å². The summed E-state index contributed by atoms with van der Waals surface area (Å²) in [6, 6.07) is 11.2. The zero-order valence-corrected chi connectivity index (χ0v) is 13.9. The maximum Gasteiger partial charge on any atom is 0.242 e. The predicted octanol–water partition coefficient (Wildman–Crippen LogP) is 1.80. The molecule has 6 heteroatoms. The molecule has 2 heterocycles. The van der Waals surface area contributed by atoms with E-state index in [1.54, 1.807) is 18.4 Å². The van der Waals surface area contributed by atoms with Crippen LogP contribution in [0.15, 0.2) is 53.2 Å². The summed E-state index contributed by atoms with van der Waals surface area (Å²) >= 11 is 0. The Morgan fingerprint density at radius 2 is 1.96 bits per heavy atom. The molecule has 1 aromatic heterocycles. The lowest BCUT2D eigenvalue weighted by Gasteiger charge is -2.24. The van der Waals surface area contributed by atoms with Crippen LogP contribution in [0.2, 0.25) is 0 Å². The maximum absolute atomic E-state index is 12.4. The quantitative estimate of drug-likeness (QED) is 0.867. The van der Waals surface area contributed by atoms with Gasteiger partial charge in [-0.05, 0) is 42.2 Å². The first-order valence-electron chi connectivity index (χ1n) is 8.21. The lowest BCUT2D eigenvalue weighted by atomic mass is 10.1. The number of aryl methyl sites for hydroxylation is 1. The van der Waals surface area contributed by atoms with Crippen LogP contribution in [0.5, 0.6) is 0 Å². The standard InChI is InChI=1S/C19H20N2O4/c1-2-13-5-7-14(8-6-13)15-12-16(17-4-3-11-25-17)21(20-15)18(22)9-10-19(23)24/h3-8,11-12,16,20H,2,9-10H2,1H3,(H,23,24)/p-1/t16-/m1/s1. The summed E-state index contributed by atoms with van der Waals surface area (Å²) in [5.41, 5.74) is 6.04. The van der Waals surface area contributed by atoms with Crippen LogP contribution in [-0.4, -0.2) is 16.9 Å². The molecule has 25 heavy (non-hydrogen) atoms. The van der Waals surface area contributed by atoms with E-state index in [9.17, 15) is 14.7 Å².